The molecule has 2 aromatic carbocycles. The first-order valence-corrected chi connectivity index (χ1v) is 15.9. The number of nitrogens with two attached hydrogens (primary N) is 1. The van der Waals surface area contributed by atoms with Crippen LogP contribution in [0.4, 0.5) is 10.5 Å². The fourth-order valence-corrected chi connectivity index (χ4v) is 6.14. The average Bonchev–Trinajstić information content (AvgIpc) is 3.57. The monoisotopic (exact) mass is 627 g/mol. The summed E-state index contributed by atoms with van der Waals surface area (Å²) >= 11 is 0. The maximum absolute atomic E-state index is 13.1. The standard InChI is InChI=1S/C29H37N7O6S.CH4/c1-29(2,30)27(37)31-23(19-41-17-20-9-5-4-6-10-20)26-33-32-25-16-34(13-14-35(25)26)28(38)42-18-21-15-36(43(3,39)40)24-12-8-7-11-22(21)24;/h4-12,21,23H,13-19,30H2,1-3H3,(H,31,37);1H4/t21?,23-;/m1./s1. The maximum atomic E-state index is 13.1. The fraction of sp³-hybridized carbons (Fsp3) is 0.467. The van der Waals surface area contributed by atoms with Gasteiger partial charge in [-0.25, -0.2) is 13.2 Å². The highest BCUT2D eigenvalue weighted by molar-refractivity contribution is 7.92. The fourth-order valence-electron chi connectivity index (χ4n) is 5.16. The molecule has 5 rings (SSSR count). The number of carbonyl (C=O) groups is 2. The Balaban J connectivity index is 0.00000442. The Kier molecular flexibility index (Phi) is 9.96. The lowest BCUT2D eigenvalue weighted by molar-refractivity contribution is -0.126. The van der Waals surface area contributed by atoms with Crippen LogP contribution in [0.15, 0.2) is 54.6 Å². The number of nitrogens with one attached hydrogen (secondary N) is 1. The highest BCUT2D eigenvalue weighted by Gasteiger charge is 2.35. The Bertz CT molecular complexity index is 1570. The zero-order valence-corrected chi connectivity index (χ0v) is 25.3. The summed E-state index contributed by atoms with van der Waals surface area (Å²) in [6.45, 7) is 4.88. The van der Waals surface area contributed by atoms with Gasteiger partial charge in [0.05, 0.1) is 37.2 Å². The first-order valence-electron chi connectivity index (χ1n) is 14.0. The van der Waals surface area contributed by atoms with E-state index in [1.807, 2.05) is 47.0 Å². The molecule has 0 radical (unpaired) electrons. The molecule has 13 nitrogen and oxygen atoms in total. The van der Waals surface area contributed by atoms with Crippen molar-refractivity contribution in [3.05, 3.63) is 77.4 Å². The summed E-state index contributed by atoms with van der Waals surface area (Å²) in [6, 6.07) is 16.3. The van der Waals surface area contributed by atoms with E-state index < -0.39 is 27.7 Å². The minimum Gasteiger partial charge on any atom is -0.449 e. The number of aromatic nitrogens is 3. The van der Waals surface area contributed by atoms with Crippen molar-refractivity contribution in [2.45, 2.75) is 58.5 Å². The maximum Gasteiger partial charge on any atom is 0.410 e. The van der Waals surface area contributed by atoms with Crippen molar-refractivity contribution < 1.29 is 27.5 Å². The van der Waals surface area contributed by atoms with Crippen molar-refractivity contribution >= 4 is 27.7 Å². The van der Waals surface area contributed by atoms with Crippen LogP contribution in [0.3, 0.4) is 0 Å². The number of ether oxygens (including phenoxy) is 2. The van der Waals surface area contributed by atoms with Crippen molar-refractivity contribution in [3.8, 4) is 0 Å². The molecule has 0 bridgehead atoms. The summed E-state index contributed by atoms with van der Waals surface area (Å²) < 4.78 is 39.4. The van der Waals surface area contributed by atoms with Crippen LogP contribution in [-0.2, 0) is 44.0 Å². The molecule has 0 fully saturated rings. The first-order chi connectivity index (χ1) is 20.4. The van der Waals surface area contributed by atoms with Gasteiger partial charge in [0.15, 0.2) is 11.6 Å². The normalized spacial score (nSPS) is 16.9. The number of rotatable bonds is 10. The molecule has 0 spiro atoms. The Morgan fingerprint density at radius 2 is 1.80 bits per heavy atom. The molecule has 0 aliphatic carbocycles. The number of carbonyl (C=O) groups excluding carboxylic acids is 2. The number of para-hydroxylation sites is 1. The summed E-state index contributed by atoms with van der Waals surface area (Å²) in [6.07, 6.45) is 0.644. The minimum atomic E-state index is -3.46. The number of amides is 2. The smallest absolute Gasteiger partial charge is 0.410 e. The number of fused-ring (bicyclic) bond motifs is 2. The van der Waals surface area contributed by atoms with E-state index in [-0.39, 0.29) is 45.6 Å². The molecule has 238 valence electrons. The van der Waals surface area contributed by atoms with Gasteiger partial charge in [0.1, 0.15) is 12.6 Å². The van der Waals surface area contributed by atoms with Crippen molar-refractivity contribution in [2.75, 3.05) is 36.9 Å². The van der Waals surface area contributed by atoms with Crippen LogP contribution >= 0.6 is 0 Å². The van der Waals surface area contributed by atoms with Gasteiger partial charge < -0.3 is 25.1 Å². The van der Waals surface area contributed by atoms with Gasteiger partial charge in [0.25, 0.3) is 0 Å². The molecule has 0 saturated heterocycles. The van der Waals surface area contributed by atoms with Crippen molar-refractivity contribution in [1.82, 2.24) is 25.0 Å². The van der Waals surface area contributed by atoms with Crippen LogP contribution in [0, 0.1) is 0 Å². The molecule has 2 amide bonds. The van der Waals surface area contributed by atoms with Gasteiger partial charge in [-0.1, -0.05) is 56.0 Å². The van der Waals surface area contributed by atoms with Gasteiger partial charge in [-0.15, -0.1) is 10.2 Å². The van der Waals surface area contributed by atoms with Crippen molar-refractivity contribution in [2.24, 2.45) is 5.73 Å². The van der Waals surface area contributed by atoms with E-state index in [1.165, 1.54) is 15.5 Å². The van der Waals surface area contributed by atoms with Crippen molar-refractivity contribution in [3.63, 3.8) is 0 Å². The summed E-state index contributed by atoms with van der Waals surface area (Å²) in [7, 11) is -3.46. The highest BCUT2D eigenvalue weighted by Crippen LogP contribution is 2.37. The van der Waals surface area contributed by atoms with Crippen LogP contribution in [0.1, 0.15) is 56.0 Å². The quantitative estimate of drug-likeness (QED) is 0.344. The molecule has 14 heteroatoms. The van der Waals surface area contributed by atoms with E-state index in [1.54, 1.807) is 26.0 Å². The number of sulfonamides is 1. The lowest BCUT2D eigenvalue weighted by atomic mass is 10.0. The van der Waals surface area contributed by atoms with E-state index in [2.05, 4.69) is 15.5 Å². The van der Waals surface area contributed by atoms with Gasteiger partial charge in [0.2, 0.25) is 15.9 Å². The summed E-state index contributed by atoms with van der Waals surface area (Å²) in [5.74, 6) is 0.420. The highest BCUT2D eigenvalue weighted by atomic mass is 32.2. The summed E-state index contributed by atoms with van der Waals surface area (Å²) in [5.41, 5.74) is 7.35. The molecule has 1 unspecified atom stereocenters. The van der Waals surface area contributed by atoms with E-state index in [9.17, 15) is 18.0 Å². The second kappa shape index (κ2) is 13.3. The predicted molar refractivity (Wildman–Crippen MR) is 165 cm³/mol. The molecule has 3 N–H and O–H groups in total. The number of nitrogens with zero attached hydrogens (tertiary/aromatic N) is 5. The van der Waals surface area contributed by atoms with E-state index in [0.29, 0.717) is 37.0 Å². The molecule has 3 aromatic rings. The van der Waals surface area contributed by atoms with Gasteiger partial charge in [0, 0.05) is 25.6 Å². The summed E-state index contributed by atoms with van der Waals surface area (Å²) in [5, 5.41) is 11.6. The molecular formula is C30H41N7O6S. The molecule has 0 saturated carbocycles. The van der Waals surface area contributed by atoms with Crippen LogP contribution in [0.5, 0.6) is 0 Å². The first kappa shape index (κ1) is 32.9. The largest absolute Gasteiger partial charge is 0.449 e. The van der Waals surface area contributed by atoms with E-state index in [0.717, 1.165) is 11.1 Å². The molecular weight excluding hydrogens is 586 g/mol. The average molecular weight is 628 g/mol. The third kappa shape index (κ3) is 7.37. The van der Waals surface area contributed by atoms with Crippen molar-refractivity contribution in [1.29, 1.82) is 0 Å². The second-order valence-electron chi connectivity index (χ2n) is 11.4. The number of benzene rings is 2. The van der Waals surface area contributed by atoms with Gasteiger partial charge in [-0.2, -0.15) is 0 Å². The van der Waals surface area contributed by atoms with Crippen LogP contribution in [0.25, 0.3) is 0 Å². The Labute approximate surface area is 258 Å². The number of hydrogen-bond acceptors (Lipinski definition) is 9. The third-order valence-electron chi connectivity index (χ3n) is 7.48. The Morgan fingerprint density at radius 3 is 2.50 bits per heavy atom. The molecule has 1 aromatic heterocycles. The zero-order valence-electron chi connectivity index (χ0n) is 24.5. The minimum absolute atomic E-state index is 0. The van der Waals surface area contributed by atoms with Gasteiger partial charge in [-0.3, -0.25) is 14.0 Å². The third-order valence-corrected chi connectivity index (χ3v) is 8.62. The van der Waals surface area contributed by atoms with Crippen LogP contribution in [0.2, 0.25) is 0 Å². The SMILES string of the molecule is C.CC(C)(N)C(=O)N[C@H](COCc1ccccc1)c1nnc2n1CCN(C(=O)OCC1CN(S(C)(=O)=O)c3ccccc31)C2. The predicted octanol–water partition coefficient (Wildman–Crippen LogP) is 2.54. The van der Waals surface area contributed by atoms with E-state index in [4.69, 9.17) is 15.2 Å². The zero-order chi connectivity index (χ0) is 30.8. The van der Waals surface area contributed by atoms with Gasteiger partial charge >= 0.3 is 6.09 Å². The summed E-state index contributed by atoms with van der Waals surface area (Å²) in [4.78, 5) is 27.4. The van der Waals surface area contributed by atoms with Crippen LogP contribution < -0.4 is 15.4 Å². The lowest BCUT2D eigenvalue weighted by Crippen LogP contribution is -2.51. The second-order valence-corrected chi connectivity index (χ2v) is 13.3. The van der Waals surface area contributed by atoms with Crippen LogP contribution in [-0.4, -0.2) is 78.2 Å². The number of hydrogen-bond donors (Lipinski definition) is 2. The Hall–Kier alpha value is -4.01. The molecule has 2 aliphatic rings. The number of anilines is 1. The Morgan fingerprint density at radius 1 is 1.09 bits per heavy atom. The molecule has 3 heterocycles. The topological polar surface area (TPSA) is 162 Å². The van der Waals surface area contributed by atoms with E-state index >= 15 is 0 Å². The lowest BCUT2D eigenvalue weighted by Gasteiger charge is -2.29. The molecule has 2 aliphatic heterocycles. The van der Waals surface area contributed by atoms with Gasteiger partial charge in [-0.05, 0) is 31.0 Å². The molecule has 2 atom stereocenters. The molecule has 44 heavy (non-hydrogen) atoms.